The predicted octanol–water partition coefficient (Wildman–Crippen LogP) is 4.58. The maximum Gasteiger partial charge on any atom is 0.273 e. The molecule has 0 aliphatic carbocycles. The second-order valence-corrected chi connectivity index (χ2v) is 12.8. The van der Waals surface area contributed by atoms with E-state index in [-0.39, 0.29) is 10.9 Å². The molecule has 13 heteroatoms. The molecule has 3 aromatic carbocycles. The minimum absolute atomic E-state index is 0.143. The van der Waals surface area contributed by atoms with Gasteiger partial charge in [-0.1, -0.05) is 48.5 Å². The zero-order valence-corrected chi connectivity index (χ0v) is 21.3. The average Bonchev–Trinajstić information content (AvgIpc) is 3.46. The number of hydrogen-bond acceptors (Lipinski definition) is 9. The fourth-order valence-corrected chi connectivity index (χ4v) is 7.34. The van der Waals surface area contributed by atoms with Crippen molar-refractivity contribution in [2.75, 3.05) is 0 Å². The van der Waals surface area contributed by atoms with Crippen LogP contribution in [0, 0.1) is 5.82 Å². The molecule has 0 radical (unpaired) electrons. The summed E-state index contributed by atoms with van der Waals surface area (Å²) in [5.74, 6) is -2.82. The van der Waals surface area contributed by atoms with Crippen LogP contribution in [0.25, 0.3) is 21.3 Å². The maximum atomic E-state index is 13.6. The largest absolute Gasteiger partial charge is 0.422 e. The fourth-order valence-electron chi connectivity index (χ4n) is 3.76. The van der Waals surface area contributed by atoms with Crippen molar-refractivity contribution in [3.8, 4) is 11.1 Å². The first-order valence-corrected chi connectivity index (χ1v) is 14.9. The number of rotatable bonds is 8. The zero-order valence-electron chi connectivity index (χ0n) is 18.9. The highest BCUT2D eigenvalue weighted by molar-refractivity contribution is 7.91. The van der Waals surface area contributed by atoms with Gasteiger partial charge in [0, 0.05) is 0 Å². The normalized spacial score (nSPS) is 13.1. The third kappa shape index (κ3) is 5.74. The highest BCUT2D eigenvalue weighted by Gasteiger charge is 2.37. The summed E-state index contributed by atoms with van der Waals surface area (Å²) in [6, 6.07) is 20.2. The molecule has 1 unspecified atom stereocenters. The van der Waals surface area contributed by atoms with Gasteiger partial charge in [-0.2, -0.15) is 8.42 Å². The van der Waals surface area contributed by atoms with E-state index in [1.54, 1.807) is 6.07 Å². The Hall–Kier alpha value is -3.52. The lowest BCUT2D eigenvalue weighted by Gasteiger charge is -2.12. The van der Waals surface area contributed by atoms with Crippen LogP contribution in [0.15, 0.2) is 77.2 Å². The quantitative estimate of drug-likeness (QED) is 0.271. The molecule has 0 spiro atoms. The number of aromatic nitrogens is 3. The number of hydrogen-bond donors (Lipinski definition) is 1. The van der Waals surface area contributed by atoms with Gasteiger partial charge in [-0.3, -0.25) is 4.55 Å². The van der Waals surface area contributed by atoms with Crippen LogP contribution in [0.4, 0.5) is 4.39 Å². The summed E-state index contributed by atoms with van der Waals surface area (Å²) in [4.78, 5) is 4.51. The van der Waals surface area contributed by atoms with Gasteiger partial charge in [-0.25, -0.2) is 17.8 Å². The van der Waals surface area contributed by atoms with Gasteiger partial charge in [-0.15, -0.1) is 21.5 Å². The Bertz CT molecular complexity index is 1780. The van der Waals surface area contributed by atoms with Crippen LogP contribution < -0.4 is 0 Å². The second kappa shape index (κ2) is 9.74. The van der Waals surface area contributed by atoms with Crippen molar-refractivity contribution < 1.29 is 30.2 Å². The molecule has 0 saturated carbocycles. The van der Waals surface area contributed by atoms with Gasteiger partial charge in [0.1, 0.15) is 10.8 Å². The van der Waals surface area contributed by atoms with E-state index in [1.807, 2.05) is 42.5 Å². The summed E-state index contributed by atoms with van der Waals surface area (Å²) in [7, 11) is -8.61. The molecule has 5 aromatic rings. The predicted molar refractivity (Wildman–Crippen MR) is 135 cm³/mol. The Labute approximate surface area is 215 Å². The summed E-state index contributed by atoms with van der Waals surface area (Å²) in [5.41, 5.74) is 2.78. The monoisotopic (exact) mass is 559 g/mol. The van der Waals surface area contributed by atoms with E-state index < -0.39 is 48.4 Å². The lowest BCUT2D eigenvalue weighted by molar-refractivity contribution is 0.443. The average molecular weight is 560 g/mol. The first-order chi connectivity index (χ1) is 17.6. The number of sulfone groups is 1. The number of thiazole rings is 1. The molecule has 0 bridgehead atoms. The SMILES string of the molecule is O=S(=O)(O)Cc1nnc(C(c2nc3ccc(-c4ccccc4)cc3s2)S(=O)(=O)Cc2ccc(F)cc2)o1. The summed E-state index contributed by atoms with van der Waals surface area (Å²) in [5, 5.41) is 5.99. The van der Waals surface area contributed by atoms with Crippen LogP contribution in [-0.2, 0) is 31.5 Å². The number of nitrogens with zero attached hydrogens (tertiary/aromatic N) is 3. The first kappa shape index (κ1) is 25.1. The number of halogens is 1. The molecular formula is C24H18FN3O6S3. The van der Waals surface area contributed by atoms with Crippen molar-refractivity contribution in [3.05, 3.63) is 101 Å². The van der Waals surface area contributed by atoms with E-state index in [1.165, 1.54) is 12.1 Å². The van der Waals surface area contributed by atoms with Crippen LogP contribution in [0.2, 0.25) is 0 Å². The Morgan fingerprint density at radius 3 is 2.32 bits per heavy atom. The Morgan fingerprint density at radius 2 is 1.62 bits per heavy atom. The zero-order chi connectivity index (χ0) is 26.2. The van der Waals surface area contributed by atoms with Gasteiger partial charge < -0.3 is 4.42 Å². The molecular weight excluding hydrogens is 541 g/mol. The van der Waals surface area contributed by atoms with Crippen molar-refractivity contribution in [1.82, 2.24) is 15.2 Å². The molecule has 0 saturated heterocycles. The smallest absolute Gasteiger partial charge is 0.273 e. The number of fused-ring (bicyclic) bond motifs is 1. The minimum Gasteiger partial charge on any atom is -0.422 e. The second-order valence-electron chi connectivity index (χ2n) is 8.17. The van der Waals surface area contributed by atoms with E-state index in [0.29, 0.717) is 11.1 Å². The molecule has 0 aliphatic rings. The molecule has 5 rings (SSSR count). The summed E-state index contributed by atoms with van der Waals surface area (Å²) in [6.45, 7) is 0. The van der Waals surface area contributed by atoms with Crippen LogP contribution in [-0.4, -0.2) is 36.6 Å². The molecule has 0 aliphatic heterocycles. The molecule has 0 amide bonds. The lowest BCUT2D eigenvalue weighted by atomic mass is 10.1. The Morgan fingerprint density at radius 1 is 0.892 bits per heavy atom. The number of benzene rings is 3. The van der Waals surface area contributed by atoms with Gasteiger partial charge >= 0.3 is 0 Å². The summed E-state index contributed by atoms with van der Waals surface area (Å²) in [6.07, 6.45) is 0. The van der Waals surface area contributed by atoms with Crippen LogP contribution in [0.3, 0.4) is 0 Å². The van der Waals surface area contributed by atoms with Crippen LogP contribution in [0.1, 0.15) is 27.6 Å². The van der Waals surface area contributed by atoms with Crippen LogP contribution >= 0.6 is 11.3 Å². The lowest BCUT2D eigenvalue weighted by Crippen LogP contribution is -2.17. The Balaban J connectivity index is 1.59. The van der Waals surface area contributed by atoms with Crippen molar-refractivity contribution in [2.24, 2.45) is 0 Å². The van der Waals surface area contributed by atoms with Crippen molar-refractivity contribution in [1.29, 1.82) is 0 Å². The molecule has 190 valence electrons. The molecule has 1 atom stereocenters. The topological polar surface area (TPSA) is 140 Å². The van der Waals surface area contributed by atoms with Crippen molar-refractivity contribution in [3.63, 3.8) is 0 Å². The fraction of sp³-hybridized carbons (Fsp3) is 0.125. The standard InChI is InChI=1S/C24H18FN3O6S3/c25-18-9-6-15(7-10-18)13-36(29,30)22(23-28-27-21(34-23)14-37(31,32)33)24-26-19-11-8-17(12-20(19)35-24)16-4-2-1-3-5-16/h1-12,22H,13-14H2,(H,31,32,33). The third-order valence-electron chi connectivity index (χ3n) is 5.39. The molecule has 9 nitrogen and oxygen atoms in total. The minimum atomic E-state index is -4.49. The van der Waals surface area contributed by atoms with E-state index in [4.69, 9.17) is 8.97 Å². The molecule has 1 N–H and O–H groups in total. The first-order valence-electron chi connectivity index (χ1n) is 10.8. The summed E-state index contributed by atoms with van der Waals surface area (Å²) >= 11 is 1.13. The highest BCUT2D eigenvalue weighted by atomic mass is 32.2. The molecule has 37 heavy (non-hydrogen) atoms. The van der Waals surface area contributed by atoms with Gasteiger partial charge in [0.05, 0.1) is 16.0 Å². The van der Waals surface area contributed by atoms with E-state index in [2.05, 4.69) is 15.2 Å². The summed E-state index contributed by atoms with van der Waals surface area (Å²) < 4.78 is 78.3. The maximum absolute atomic E-state index is 13.6. The molecule has 2 heterocycles. The van der Waals surface area contributed by atoms with Gasteiger partial charge in [-0.05, 0) is 41.0 Å². The van der Waals surface area contributed by atoms with E-state index >= 15 is 0 Å². The van der Waals surface area contributed by atoms with Gasteiger partial charge in [0.2, 0.25) is 11.8 Å². The van der Waals surface area contributed by atoms with E-state index in [0.717, 1.165) is 39.3 Å². The van der Waals surface area contributed by atoms with Gasteiger partial charge in [0.25, 0.3) is 10.1 Å². The molecule has 2 aromatic heterocycles. The van der Waals surface area contributed by atoms with E-state index in [9.17, 15) is 21.2 Å². The van der Waals surface area contributed by atoms with Crippen molar-refractivity contribution >= 4 is 41.5 Å². The van der Waals surface area contributed by atoms with Crippen LogP contribution in [0.5, 0.6) is 0 Å². The molecule has 0 fully saturated rings. The van der Waals surface area contributed by atoms with Crippen molar-refractivity contribution in [2.45, 2.75) is 16.8 Å². The third-order valence-corrected chi connectivity index (χ3v) is 9.11. The Kier molecular flexibility index (Phi) is 6.62. The highest BCUT2D eigenvalue weighted by Crippen LogP contribution is 2.38. The van der Waals surface area contributed by atoms with Gasteiger partial charge in [0.15, 0.2) is 20.8 Å².